The molecule has 1 heterocycles. The Morgan fingerprint density at radius 2 is 1.69 bits per heavy atom. The van der Waals surface area contributed by atoms with Crippen molar-refractivity contribution in [3.63, 3.8) is 0 Å². The number of nitrogens with zero attached hydrogens (tertiary/aromatic N) is 3. The van der Waals surface area contributed by atoms with Crippen LogP contribution >= 0.6 is 24.0 Å². The van der Waals surface area contributed by atoms with E-state index in [4.69, 9.17) is 9.47 Å². The fourth-order valence-electron chi connectivity index (χ4n) is 3.09. The summed E-state index contributed by atoms with van der Waals surface area (Å²) in [6, 6.07) is 1.91. The number of alkyl halides is 3. The highest BCUT2D eigenvalue weighted by Gasteiger charge is 2.41. The highest BCUT2D eigenvalue weighted by Crippen LogP contribution is 2.37. The number of rotatable bonds is 5. The summed E-state index contributed by atoms with van der Waals surface area (Å²) in [4.78, 5) is 7.58. The second-order valence-corrected chi connectivity index (χ2v) is 6.49. The van der Waals surface area contributed by atoms with E-state index >= 15 is 0 Å². The molecule has 1 fully saturated rings. The molecule has 11 heteroatoms. The molecular weight excluding hydrogens is 504 g/mol. The van der Waals surface area contributed by atoms with Gasteiger partial charge in [0.05, 0.1) is 14.2 Å². The Balaban J connectivity index is 0.00000420. The maximum absolute atomic E-state index is 12.9. The van der Waals surface area contributed by atoms with Gasteiger partial charge in [-0.05, 0) is 24.6 Å². The molecule has 1 atom stereocenters. The minimum absolute atomic E-state index is 0. The molecule has 2 N–H and O–H groups in total. The van der Waals surface area contributed by atoms with Gasteiger partial charge < -0.3 is 24.8 Å². The van der Waals surface area contributed by atoms with Crippen LogP contribution in [0.2, 0.25) is 0 Å². The second kappa shape index (κ2) is 11.0. The first-order valence-electron chi connectivity index (χ1n) is 8.91. The van der Waals surface area contributed by atoms with Gasteiger partial charge in [0.15, 0.2) is 17.5 Å². The van der Waals surface area contributed by atoms with Crippen molar-refractivity contribution in [1.82, 2.24) is 15.1 Å². The standard InChI is InChI=1S/C18H27F3N4O3.HI/c1-12(18(19,20)21)24-5-7-25(8-6-24)17(22-2)23-11-13-9-14(27-3)16(26)15(10-13)28-4;/h9-10,12,26H,5-8,11H2,1-4H3,(H,22,23);1H. The average Bonchev–Trinajstić information content (AvgIpc) is 2.68. The largest absolute Gasteiger partial charge is 0.502 e. The smallest absolute Gasteiger partial charge is 0.403 e. The first-order valence-corrected chi connectivity index (χ1v) is 8.91. The van der Waals surface area contributed by atoms with E-state index in [-0.39, 0.29) is 29.7 Å². The molecule has 0 amide bonds. The van der Waals surface area contributed by atoms with Crippen LogP contribution in [0.25, 0.3) is 0 Å². The van der Waals surface area contributed by atoms with Crippen LogP contribution in [0.15, 0.2) is 17.1 Å². The fraction of sp³-hybridized carbons (Fsp3) is 0.611. The normalized spacial score (nSPS) is 16.8. The van der Waals surface area contributed by atoms with Crippen LogP contribution in [0.3, 0.4) is 0 Å². The third-order valence-electron chi connectivity index (χ3n) is 4.84. The number of aliphatic imine (C=N–C) groups is 1. The van der Waals surface area contributed by atoms with Gasteiger partial charge in [-0.2, -0.15) is 13.2 Å². The molecule has 0 spiro atoms. The Bertz CT molecular complexity index is 670. The Labute approximate surface area is 185 Å². The van der Waals surface area contributed by atoms with Gasteiger partial charge in [-0.25, -0.2) is 0 Å². The Morgan fingerprint density at radius 1 is 1.17 bits per heavy atom. The Morgan fingerprint density at radius 3 is 2.10 bits per heavy atom. The molecule has 0 aromatic heterocycles. The Kier molecular flexibility index (Phi) is 9.59. The van der Waals surface area contributed by atoms with Gasteiger partial charge in [0.2, 0.25) is 5.75 Å². The first kappa shape index (κ1) is 25.4. The van der Waals surface area contributed by atoms with E-state index in [1.165, 1.54) is 26.0 Å². The van der Waals surface area contributed by atoms with Gasteiger partial charge in [-0.1, -0.05) is 0 Å². The zero-order chi connectivity index (χ0) is 20.9. The van der Waals surface area contributed by atoms with E-state index in [1.807, 2.05) is 4.90 Å². The van der Waals surface area contributed by atoms with Gasteiger partial charge in [0, 0.05) is 39.8 Å². The van der Waals surface area contributed by atoms with E-state index in [2.05, 4.69) is 10.3 Å². The summed E-state index contributed by atoms with van der Waals surface area (Å²) in [5, 5.41) is 13.2. The average molecular weight is 532 g/mol. The molecule has 1 aromatic rings. The van der Waals surface area contributed by atoms with Crippen LogP contribution in [-0.4, -0.2) is 80.5 Å². The summed E-state index contributed by atoms with van der Waals surface area (Å²) >= 11 is 0. The monoisotopic (exact) mass is 532 g/mol. The van der Waals surface area contributed by atoms with Crippen LogP contribution in [0.4, 0.5) is 13.2 Å². The lowest BCUT2D eigenvalue weighted by atomic mass is 10.2. The van der Waals surface area contributed by atoms with E-state index < -0.39 is 12.2 Å². The van der Waals surface area contributed by atoms with Gasteiger partial charge >= 0.3 is 6.18 Å². The van der Waals surface area contributed by atoms with Crippen LogP contribution in [0, 0.1) is 0 Å². The lowest BCUT2D eigenvalue weighted by Crippen LogP contribution is -2.56. The number of halogens is 4. The first-order chi connectivity index (χ1) is 13.2. The van der Waals surface area contributed by atoms with Gasteiger partial charge in [0.25, 0.3) is 0 Å². The van der Waals surface area contributed by atoms with Crippen LogP contribution in [0.5, 0.6) is 17.2 Å². The molecule has 0 aliphatic carbocycles. The molecule has 166 valence electrons. The van der Waals surface area contributed by atoms with Gasteiger partial charge in [-0.3, -0.25) is 9.89 Å². The molecule has 2 rings (SSSR count). The molecule has 1 unspecified atom stereocenters. The summed E-state index contributed by atoms with van der Waals surface area (Å²) < 4.78 is 48.9. The zero-order valence-electron chi connectivity index (χ0n) is 16.9. The SMILES string of the molecule is CN=C(NCc1cc(OC)c(O)c(OC)c1)N1CCN(C(C)C(F)(F)F)CC1.I. The molecule has 0 radical (unpaired) electrons. The molecular formula is C18H28F3IN4O3. The lowest BCUT2D eigenvalue weighted by Gasteiger charge is -2.39. The summed E-state index contributed by atoms with van der Waals surface area (Å²) in [5.74, 6) is 1.11. The number of benzene rings is 1. The number of nitrogens with one attached hydrogen (secondary N) is 1. The summed E-state index contributed by atoms with van der Waals surface area (Å²) in [5.41, 5.74) is 0.803. The summed E-state index contributed by atoms with van der Waals surface area (Å²) in [7, 11) is 4.53. The number of phenolic OH excluding ortho intramolecular Hbond substituents is 1. The molecule has 29 heavy (non-hydrogen) atoms. The molecule has 1 aliphatic rings. The highest BCUT2D eigenvalue weighted by atomic mass is 127. The van der Waals surface area contributed by atoms with Crippen LogP contribution < -0.4 is 14.8 Å². The molecule has 1 aromatic carbocycles. The van der Waals surface area contributed by atoms with Gasteiger partial charge in [-0.15, -0.1) is 24.0 Å². The maximum atomic E-state index is 12.9. The molecule has 7 nitrogen and oxygen atoms in total. The van der Waals surface area contributed by atoms with E-state index in [9.17, 15) is 18.3 Å². The minimum Gasteiger partial charge on any atom is -0.502 e. The minimum atomic E-state index is -4.22. The summed E-state index contributed by atoms with van der Waals surface area (Å²) in [6.07, 6.45) is -4.22. The molecule has 1 aliphatic heterocycles. The van der Waals surface area contributed by atoms with Crippen molar-refractivity contribution in [2.24, 2.45) is 4.99 Å². The van der Waals surface area contributed by atoms with Crippen molar-refractivity contribution in [3.8, 4) is 17.2 Å². The Hall–Kier alpha value is -1.63. The third-order valence-corrected chi connectivity index (χ3v) is 4.84. The van der Waals surface area contributed by atoms with Crippen molar-refractivity contribution in [3.05, 3.63) is 17.7 Å². The highest BCUT2D eigenvalue weighted by molar-refractivity contribution is 14.0. The number of ether oxygens (including phenoxy) is 2. The summed E-state index contributed by atoms with van der Waals surface area (Å²) in [6.45, 7) is 3.09. The number of phenols is 1. The second-order valence-electron chi connectivity index (χ2n) is 6.49. The molecule has 0 bridgehead atoms. The lowest BCUT2D eigenvalue weighted by molar-refractivity contribution is -0.181. The number of hydrogen-bond donors (Lipinski definition) is 2. The number of aromatic hydroxyl groups is 1. The quantitative estimate of drug-likeness (QED) is 0.346. The molecule has 1 saturated heterocycles. The molecule has 0 saturated carbocycles. The van der Waals surface area contributed by atoms with Crippen LogP contribution in [-0.2, 0) is 6.54 Å². The van der Waals surface area contributed by atoms with Gasteiger partial charge in [0.1, 0.15) is 6.04 Å². The van der Waals surface area contributed by atoms with Crippen molar-refractivity contribution in [1.29, 1.82) is 0 Å². The number of hydrogen-bond acceptors (Lipinski definition) is 5. The van der Waals surface area contributed by atoms with E-state index in [1.54, 1.807) is 19.2 Å². The number of methoxy groups -OCH3 is 2. The van der Waals surface area contributed by atoms with Crippen LogP contribution in [0.1, 0.15) is 12.5 Å². The van der Waals surface area contributed by atoms with Crippen molar-refractivity contribution in [2.45, 2.75) is 25.7 Å². The predicted molar refractivity (Wildman–Crippen MR) is 115 cm³/mol. The number of guanidine groups is 1. The van der Waals surface area contributed by atoms with E-state index in [0.29, 0.717) is 50.2 Å². The predicted octanol–water partition coefficient (Wildman–Crippen LogP) is 2.67. The number of piperazine rings is 1. The third kappa shape index (κ3) is 6.43. The van der Waals surface area contributed by atoms with Crippen molar-refractivity contribution in [2.75, 3.05) is 47.4 Å². The zero-order valence-corrected chi connectivity index (χ0v) is 19.2. The van der Waals surface area contributed by atoms with E-state index in [0.717, 1.165) is 5.56 Å². The fourth-order valence-corrected chi connectivity index (χ4v) is 3.09. The topological polar surface area (TPSA) is 69.6 Å². The van der Waals surface area contributed by atoms with Crippen molar-refractivity contribution < 1.29 is 27.8 Å². The maximum Gasteiger partial charge on any atom is 0.403 e. The van der Waals surface area contributed by atoms with Crippen molar-refractivity contribution >= 4 is 29.9 Å².